The van der Waals surface area contributed by atoms with Crippen molar-refractivity contribution < 1.29 is 4.74 Å². The fourth-order valence-corrected chi connectivity index (χ4v) is 3.68. The van der Waals surface area contributed by atoms with E-state index in [1.807, 2.05) is 12.1 Å². The van der Waals surface area contributed by atoms with Crippen molar-refractivity contribution in [2.24, 2.45) is 0 Å². The van der Waals surface area contributed by atoms with Crippen LogP contribution in [0, 0.1) is 0 Å². The molecule has 1 N–H and O–H groups in total. The van der Waals surface area contributed by atoms with Crippen LogP contribution in [0.5, 0.6) is 5.88 Å². The predicted molar refractivity (Wildman–Crippen MR) is 105 cm³/mol. The van der Waals surface area contributed by atoms with Crippen molar-refractivity contribution in [3.05, 3.63) is 46.4 Å². The average Bonchev–Trinajstić information content (AvgIpc) is 2.65. The summed E-state index contributed by atoms with van der Waals surface area (Å²) in [5, 5.41) is 4.63. The lowest BCUT2D eigenvalue weighted by atomic mass is 9.93. The van der Waals surface area contributed by atoms with Gasteiger partial charge in [-0.25, -0.2) is 15.0 Å². The van der Waals surface area contributed by atoms with Crippen LogP contribution in [-0.2, 0) is 0 Å². The third-order valence-corrected chi connectivity index (χ3v) is 5.06. The monoisotopic (exact) mass is 433 g/mol. The number of halogens is 2. The molecule has 3 heterocycles. The normalized spacial score (nSPS) is 20.1. The smallest absolute Gasteiger partial charge is 0.224 e. The summed E-state index contributed by atoms with van der Waals surface area (Å²) in [5.74, 6) is 1.22. The second kappa shape index (κ2) is 7.72. The van der Waals surface area contributed by atoms with Crippen molar-refractivity contribution in [1.82, 2.24) is 19.9 Å². The quantitative estimate of drug-likeness (QED) is 0.603. The number of aromatic nitrogens is 4. The van der Waals surface area contributed by atoms with Crippen molar-refractivity contribution in [1.29, 1.82) is 0 Å². The Morgan fingerprint density at radius 3 is 2.62 bits per heavy atom. The zero-order valence-corrected chi connectivity index (χ0v) is 16.2. The second-order valence-electron chi connectivity index (χ2n) is 6.28. The number of ether oxygens (including phenoxy) is 1. The number of rotatable bonds is 4. The number of fused-ring (bicyclic) bond motifs is 1. The number of hydrogen-bond donors (Lipinski definition) is 1. The first-order valence-electron chi connectivity index (χ1n) is 8.49. The molecule has 0 unspecified atom stereocenters. The van der Waals surface area contributed by atoms with E-state index in [0.29, 0.717) is 23.0 Å². The topological polar surface area (TPSA) is 72.8 Å². The third kappa shape index (κ3) is 4.04. The molecule has 3 aromatic heterocycles. The molecule has 1 fully saturated rings. The van der Waals surface area contributed by atoms with Crippen molar-refractivity contribution in [3.63, 3.8) is 0 Å². The maximum Gasteiger partial charge on any atom is 0.224 e. The Balaban J connectivity index is 1.43. The van der Waals surface area contributed by atoms with Gasteiger partial charge < -0.3 is 10.1 Å². The fourth-order valence-electron chi connectivity index (χ4n) is 3.17. The molecule has 1 aliphatic carbocycles. The fraction of sp³-hybridized carbons (Fsp3) is 0.333. The molecular weight excluding hydrogens is 418 g/mol. The van der Waals surface area contributed by atoms with Crippen LogP contribution < -0.4 is 10.1 Å². The maximum atomic E-state index is 6.19. The molecule has 1 aliphatic rings. The van der Waals surface area contributed by atoms with Gasteiger partial charge in [0.1, 0.15) is 11.3 Å². The number of pyridine rings is 2. The number of anilines is 1. The summed E-state index contributed by atoms with van der Waals surface area (Å²) >= 11 is 9.58. The Bertz CT molecular complexity index is 903. The highest BCUT2D eigenvalue weighted by Gasteiger charge is 2.24. The molecule has 0 radical (unpaired) electrons. The van der Waals surface area contributed by atoms with E-state index in [9.17, 15) is 0 Å². The molecule has 0 bridgehead atoms. The minimum absolute atomic E-state index is 0.109. The molecule has 0 aromatic carbocycles. The molecule has 8 heteroatoms. The van der Waals surface area contributed by atoms with E-state index in [4.69, 9.17) is 16.3 Å². The van der Waals surface area contributed by atoms with Gasteiger partial charge in [0.25, 0.3) is 0 Å². The molecule has 0 saturated heterocycles. The van der Waals surface area contributed by atoms with Crippen molar-refractivity contribution in [2.45, 2.75) is 37.8 Å². The first kappa shape index (κ1) is 17.4. The summed E-state index contributed by atoms with van der Waals surface area (Å²) in [7, 11) is 0. The summed E-state index contributed by atoms with van der Waals surface area (Å²) in [6.07, 6.45) is 9.18. The van der Waals surface area contributed by atoms with E-state index in [-0.39, 0.29) is 6.10 Å². The van der Waals surface area contributed by atoms with E-state index in [2.05, 4.69) is 41.2 Å². The second-order valence-corrected chi connectivity index (χ2v) is 7.58. The van der Waals surface area contributed by atoms with E-state index in [0.717, 1.165) is 41.1 Å². The van der Waals surface area contributed by atoms with Crippen LogP contribution in [0.25, 0.3) is 10.9 Å². The van der Waals surface area contributed by atoms with Gasteiger partial charge in [-0.1, -0.05) is 11.6 Å². The van der Waals surface area contributed by atoms with E-state index in [1.54, 1.807) is 24.7 Å². The van der Waals surface area contributed by atoms with Crippen molar-refractivity contribution >= 4 is 44.4 Å². The van der Waals surface area contributed by atoms with Gasteiger partial charge >= 0.3 is 0 Å². The van der Waals surface area contributed by atoms with Crippen LogP contribution in [-0.4, -0.2) is 32.1 Å². The van der Waals surface area contributed by atoms with Crippen molar-refractivity contribution in [2.75, 3.05) is 5.32 Å². The molecule has 0 aliphatic heterocycles. The Morgan fingerprint density at radius 2 is 1.85 bits per heavy atom. The maximum absolute atomic E-state index is 6.19. The van der Waals surface area contributed by atoms with Crippen LogP contribution in [0.2, 0.25) is 5.15 Å². The van der Waals surface area contributed by atoms with Crippen LogP contribution in [0.1, 0.15) is 25.7 Å². The predicted octanol–water partition coefficient (Wildman–Crippen LogP) is 4.64. The molecule has 134 valence electrons. The molecule has 6 nitrogen and oxygen atoms in total. The Kier molecular flexibility index (Phi) is 5.17. The number of hydrogen-bond acceptors (Lipinski definition) is 6. The highest BCUT2D eigenvalue weighted by Crippen LogP contribution is 2.31. The summed E-state index contributed by atoms with van der Waals surface area (Å²) in [6, 6.07) is 5.88. The zero-order chi connectivity index (χ0) is 17.9. The minimum Gasteiger partial charge on any atom is -0.474 e. The van der Waals surface area contributed by atoms with E-state index < -0.39 is 0 Å². The molecule has 0 amide bonds. The number of nitrogens with one attached hydrogen (secondary N) is 1. The highest BCUT2D eigenvalue weighted by molar-refractivity contribution is 9.10. The molecule has 0 atom stereocenters. The molecule has 26 heavy (non-hydrogen) atoms. The van der Waals surface area contributed by atoms with Gasteiger partial charge in [-0.15, -0.1) is 0 Å². The van der Waals surface area contributed by atoms with E-state index in [1.165, 1.54) is 0 Å². The SMILES string of the molecule is Clc1cc2ncc(Br)cc2c(O[C@H]2CC[C@@H](Nc3ncccn3)CC2)n1. The molecule has 0 spiro atoms. The van der Waals surface area contributed by atoms with Gasteiger partial charge in [-0.05, 0) is 53.7 Å². The summed E-state index contributed by atoms with van der Waals surface area (Å²) < 4.78 is 7.07. The van der Waals surface area contributed by atoms with Gasteiger partial charge in [0.15, 0.2) is 0 Å². The lowest BCUT2D eigenvalue weighted by Crippen LogP contribution is -2.32. The van der Waals surface area contributed by atoms with Crippen molar-refractivity contribution in [3.8, 4) is 5.88 Å². The average molecular weight is 435 g/mol. The standard InChI is InChI=1S/C18H17BrClN5O/c19-11-8-14-15(23-10-11)9-16(20)25-17(14)26-13-4-2-12(3-5-13)24-18-21-6-1-7-22-18/h1,6-10,12-13H,2-5H2,(H,21,22,24)/t12-,13+. The van der Waals surface area contributed by atoms with Gasteiger partial charge in [0, 0.05) is 35.2 Å². The van der Waals surface area contributed by atoms with Gasteiger partial charge in [0.2, 0.25) is 11.8 Å². The Morgan fingerprint density at radius 1 is 1.08 bits per heavy atom. The van der Waals surface area contributed by atoms with Crippen LogP contribution in [0.4, 0.5) is 5.95 Å². The van der Waals surface area contributed by atoms with Crippen LogP contribution in [0.15, 0.2) is 41.3 Å². The summed E-state index contributed by atoms with van der Waals surface area (Å²) in [6.45, 7) is 0. The lowest BCUT2D eigenvalue weighted by Gasteiger charge is -2.29. The molecule has 3 aromatic rings. The Hall–Kier alpha value is -1.99. The highest BCUT2D eigenvalue weighted by atomic mass is 79.9. The third-order valence-electron chi connectivity index (χ3n) is 4.43. The van der Waals surface area contributed by atoms with Gasteiger partial charge in [-0.3, -0.25) is 4.98 Å². The first-order chi connectivity index (χ1) is 12.7. The number of nitrogens with zero attached hydrogens (tertiary/aromatic N) is 4. The van der Waals surface area contributed by atoms with Gasteiger partial charge in [-0.2, -0.15) is 0 Å². The van der Waals surface area contributed by atoms with Crippen LogP contribution in [0.3, 0.4) is 0 Å². The van der Waals surface area contributed by atoms with Gasteiger partial charge in [0.05, 0.1) is 10.9 Å². The minimum atomic E-state index is 0.109. The first-order valence-corrected chi connectivity index (χ1v) is 9.66. The van der Waals surface area contributed by atoms with E-state index >= 15 is 0 Å². The molecule has 1 saturated carbocycles. The zero-order valence-electron chi connectivity index (χ0n) is 13.9. The Labute approximate surface area is 164 Å². The summed E-state index contributed by atoms with van der Waals surface area (Å²) in [5.41, 5.74) is 0.778. The summed E-state index contributed by atoms with van der Waals surface area (Å²) in [4.78, 5) is 17.2. The molecular formula is C18H17BrClN5O. The lowest BCUT2D eigenvalue weighted by molar-refractivity contribution is 0.146. The van der Waals surface area contributed by atoms with Crippen LogP contribution >= 0.6 is 27.5 Å². The molecule has 4 rings (SSSR count). The largest absolute Gasteiger partial charge is 0.474 e.